The number of rotatable bonds is 0. The molecule has 1 aromatic carbocycles. The number of hydroxylamine groups is 2. The lowest BCUT2D eigenvalue weighted by Crippen LogP contribution is -2.25. The molecule has 1 aliphatic heterocycles. The van der Waals surface area contributed by atoms with Crippen molar-refractivity contribution < 1.29 is 5.21 Å². The highest BCUT2D eigenvalue weighted by Gasteiger charge is 2.04. The van der Waals surface area contributed by atoms with Gasteiger partial charge >= 0.3 is 0 Å². The van der Waals surface area contributed by atoms with E-state index in [1.807, 2.05) is 30.3 Å². The zero-order valence-electron chi connectivity index (χ0n) is 8.19. The lowest BCUT2D eigenvalue weighted by atomic mass is 10.2. The van der Waals surface area contributed by atoms with Crippen LogP contribution in [0.2, 0.25) is 5.02 Å². The minimum Gasteiger partial charge on any atom is -0.314 e. The lowest BCUT2D eigenvalue weighted by Gasteiger charge is -2.18. The van der Waals surface area contributed by atoms with Crippen LogP contribution in [0.25, 0.3) is 0 Å². The second kappa shape index (κ2) is 6.82. The zero-order chi connectivity index (χ0) is 10.2. The number of hydrogen-bond acceptors (Lipinski definition) is 2. The molecule has 0 unspecified atom stereocenters. The van der Waals surface area contributed by atoms with Crippen molar-refractivity contribution in [1.82, 2.24) is 5.06 Å². The van der Waals surface area contributed by atoms with Gasteiger partial charge in [0.1, 0.15) is 0 Å². The van der Waals surface area contributed by atoms with E-state index in [1.54, 1.807) is 0 Å². The topological polar surface area (TPSA) is 23.5 Å². The summed E-state index contributed by atoms with van der Waals surface area (Å²) in [5.74, 6) is 0. The molecule has 1 N–H and O–H groups in total. The largest absolute Gasteiger partial charge is 0.314 e. The van der Waals surface area contributed by atoms with E-state index < -0.39 is 0 Å². The van der Waals surface area contributed by atoms with Gasteiger partial charge in [0.15, 0.2) is 0 Å². The number of benzene rings is 1. The molecular weight excluding hydrogens is 198 g/mol. The number of halogens is 1. The monoisotopic (exact) mass is 213 g/mol. The van der Waals surface area contributed by atoms with E-state index in [2.05, 4.69) is 0 Å². The minimum absolute atomic E-state index is 0.794. The van der Waals surface area contributed by atoms with Crippen LogP contribution in [0, 0.1) is 0 Å². The number of hydrogen-bond donors (Lipinski definition) is 1. The van der Waals surface area contributed by atoms with Gasteiger partial charge in [-0.3, -0.25) is 0 Å². The first-order valence-electron chi connectivity index (χ1n) is 4.93. The second-order valence-electron chi connectivity index (χ2n) is 3.31. The Kier molecular flexibility index (Phi) is 5.60. The summed E-state index contributed by atoms with van der Waals surface area (Å²) in [5.41, 5.74) is 0. The van der Waals surface area contributed by atoms with E-state index in [0.29, 0.717) is 0 Å². The van der Waals surface area contributed by atoms with E-state index >= 15 is 0 Å². The van der Waals surface area contributed by atoms with Gasteiger partial charge in [0.05, 0.1) is 0 Å². The third kappa shape index (κ3) is 5.22. The van der Waals surface area contributed by atoms with Crippen LogP contribution in [0.5, 0.6) is 0 Å². The minimum atomic E-state index is 0.794. The van der Waals surface area contributed by atoms with Gasteiger partial charge in [-0.1, -0.05) is 36.2 Å². The molecule has 1 aliphatic rings. The molecule has 1 fully saturated rings. The van der Waals surface area contributed by atoms with Crippen LogP contribution in [-0.4, -0.2) is 23.4 Å². The summed E-state index contributed by atoms with van der Waals surface area (Å²) in [5, 5.41) is 10.9. The molecular formula is C11H16ClNO. The normalized spacial score (nSPS) is 17.0. The molecule has 0 radical (unpaired) electrons. The van der Waals surface area contributed by atoms with Crippen LogP contribution in [0.4, 0.5) is 0 Å². The van der Waals surface area contributed by atoms with Crippen LogP contribution in [0.15, 0.2) is 30.3 Å². The van der Waals surface area contributed by atoms with E-state index in [0.717, 1.165) is 31.0 Å². The molecule has 1 saturated heterocycles. The molecule has 2 rings (SSSR count). The fourth-order valence-corrected chi connectivity index (χ4v) is 1.44. The number of nitrogens with zero attached hydrogens (tertiary/aromatic N) is 1. The quantitative estimate of drug-likeness (QED) is 0.716. The van der Waals surface area contributed by atoms with Crippen molar-refractivity contribution in [2.24, 2.45) is 0 Å². The Morgan fingerprint density at radius 3 is 1.86 bits per heavy atom. The predicted octanol–water partition coefficient (Wildman–Crippen LogP) is 3.20. The average molecular weight is 214 g/mol. The highest BCUT2D eigenvalue weighted by atomic mass is 35.5. The third-order valence-electron chi connectivity index (χ3n) is 2.07. The van der Waals surface area contributed by atoms with E-state index in [-0.39, 0.29) is 0 Å². The third-order valence-corrected chi connectivity index (χ3v) is 2.32. The number of piperidine rings is 1. The fraction of sp³-hybridized carbons (Fsp3) is 0.455. The summed E-state index contributed by atoms with van der Waals surface area (Å²) < 4.78 is 0. The maximum atomic E-state index is 8.74. The molecule has 1 aromatic rings. The van der Waals surface area contributed by atoms with Crippen molar-refractivity contribution in [3.8, 4) is 0 Å². The Balaban J connectivity index is 0.000000140. The molecule has 0 aromatic heterocycles. The Labute approximate surface area is 90.1 Å². The molecule has 0 spiro atoms. The van der Waals surface area contributed by atoms with E-state index in [1.165, 1.54) is 11.5 Å². The summed E-state index contributed by atoms with van der Waals surface area (Å²) in [6.45, 7) is 1.75. The van der Waals surface area contributed by atoms with Gasteiger partial charge in [-0.25, -0.2) is 0 Å². The van der Waals surface area contributed by atoms with Crippen molar-refractivity contribution in [2.45, 2.75) is 19.3 Å². The molecule has 0 bridgehead atoms. The molecule has 0 amide bonds. The predicted molar refractivity (Wildman–Crippen MR) is 58.7 cm³/mol. The van der Waals surface area contributed by atoms with Crippen LogP contribution < -0.4 is 0 Å². The summed E-state index contributed by atoms with van der Waals surface area (Å²) in [6.07, 6.45) is 3.62. The highest BCUT2D eigenvalue weighted by molar-refractivity contribution is 6.30. The fourth-order valence-electron chi connectivity index (χ4n) is 1.29. The maximum absolute atomic E-state index is 8.74. The van der Waals surface area contributed by atoms with Crippen LogP contribution in [0.1, 0.15) is 19.3 Å². The molecule has 0 aliphatic carbocycles. The van der Waals surface area contributed by atoms with Gasteiger partial charge in [0.25, 0.3) is 0 Å². The molecule has 78 valence electrons. The Hall–Kier alpha value is -0.570. The zero-order valence-corrected chi connectivity index (χ0v) is 8.95. The van der Waals surface area contributed by atoms with Crippen molar-refractivity contribution in [1.29, 1.82) is 0 Å². The van der Waals surface area contributed by atoms with Crippen molar-refractivity contribution in [3.63, 3.8) is 0 Å². The van der Waals surface area contributed by atoms with Crippen LogP contribution >= 0.6 is 11.6 Å². The Morgan fingerprint density at radius 1 is 1.00 bits per heavy atom. The van der Waals surface area contributed by atoms with E-state index in [9.17, 15) is 0 Å². The molecule has 14 heavy (non-hydrogen) atoms. The lowest BCUT2D eigenvalue weighted by molar-refractivity contribution is -0.103. The van der Waals surface area contributed by atoms with E-state index in [4.69, 9.17) is 16.8 Å². The first-order chi connectivity index (χ1) is 6.79. The van der Waals surface area contributed by atoms with Crippen molar-refractivity contribution >= 4 is 11.6 Å². The summed E-state index contributed by atoms with van der Waals surface area (Å²) in [4.78, 5) is 0. The first-order valence-corrected chi connectivity index (χ1v) is 5.31. The molecule has 0 saturated carbocycles. The van der Waals surface area contributed by atoms with Crippen LogP contribution in [0.3, 0.4) is 0 Å². The Bertz CT molecular complexity index is 234. The van der Waals surface area contributed by atoms with Gasteiger partial charge in [0.2, 0.25) is 0 Å². The molecule has 1 heterocycles. The van der Waals surface area contributed by atoms with Gasteiger partial charge in [0, 0.05) is 18.1 Å². The van der Waals surface area contributed by atoms with Crippen LogP contribution in [-0.2, 0) is 0 Å². The van der Waals surface area contributed by atoms with Crippen molar-refractivity contribution in [3.05, 3.63) is 35.4 Å². The molecule has 3 heteroatoms. The molecule has 0 atom stereocenters. The Morgan fingerprint density at radius 2 is 1.57 bits per heavy atom. The standard InChI is InChI=1S/C6H5Cl.C5H11NO/c2*7-6-4-2-1-3-5-6/h1-5H;7H,1-5H2. The summed E-state index contributed by atoms with van der Waals surface area (Å²) in [6, 6.07) is 9.44. The summed E-state index contributed by atoms with van der Waals surface area (Å²) >= 11 is 5.54. The van der Waals surface area contributed by atoms with Gasteiger partial charge < -0.3 is 5.21 Å². The maximum Gasteiger partial charge on any atom is 0.0405 e. The highest BCUT2D eigenvalue weighted by Crippen LogP contribution is 2.04. The van der Waals surface area contributed by atoms with Gasteiger partial charge in [-0.05, 0) is 25.0 Å². The first kappa shape index (κ1) is 11.5. The SMILES string of the molecule is Clc1ccccc1.ON1CCCCC1. The second-order valence-corrected chi connectivity index (χ2v) is 3.75. The van der Waals surface area contributed by atoms with Crippen molar-refractivity contribution in [2.75, 3.05) is 13.1 Å². The summed E-state index contributed by atoms with van der Waals surface area (Å²) in [7, 11) is 0. The molecule has 2 nitrogen and oxygen atoms in total. The van der Waals surface area contributed by atoms with Gasteiger partial charge in [-0.2, -0.15) is 5.06 Å². The smallest absolute Gasteiger partial charge is 0.0405 e. The van der Waals surface area contributed by atoms with Gasteiger partial charge in [-0.15, -0.1) is 0 Å². The average Bonchev–Trinajstić information content (AvgIpc) is 2.21.